The Morgan fingerprint density at radius 3 is 2.32 bits per heavy atom. The third-order valence-corrected chi connectivity index (χ3v) is 3.67. The van der Waals surface area contributed by atoms with Crippen LogP contribution in [0.1, 0.15) is 27.3 Å². The van der Waals surface area contributed by atoms with E-state index in [9.17, 15) is 18.0 Å². The molecule has 0 atom stereocenters. The van der Waals surface area contributed by atoms with Crippen LogP contribution in [0.3, 0.4) is 0 Å². The SMILES string of the molecule is Cc1ccc(OCCN(C)C(=O)c2ccc(C(F)(F)F)nc2C)cc1. The number of nitrogens with zero attached hydrogens (tertiary/aromatic N) is 2. The molecule has 0 aliphatic heterocycles. The van der Waals surface area contributed by atoms with Crippen molar-refractivity contribution in [1.29, 1.82) is 0 Å². The van der Waals surface area contributed by atoms with Crippen molar-refractivity contribution < 1.29 is 22.7 Å². The van der Waals surface area contributed by atoms with Crippen molar-refractivity contribution in [3.05, 3.63) is 58.9 Å². The van der Waals surface area contributed by atoms with Gasteiger partial charge in [-0.25, -0.2) is 4.98 Å². The summed E-state index contributed by atoms with van der Waals surface area (Å²) < 4.78 is 43.5. The summed E-state index contributed by atoms with van der Waals surface area (Å²) in [6, 6.07) is 9.48. The maximum absolute atomic E-state index is 12.6. The molecule has 1 aromatic carbocycles. The Bertz CT molecular complexity index is 743. The van der Waals surface area contributed by atoms with E-state index in [1.54, 1.807) is 7.05 Å². The molecule has 134 valence electrons. The van der Waals surface area contributed by atoms with Crippen LogP contribution in [0, 0.1) is 13.8 Å². The number of pyridine rings is 1. The number of carbonyl (C=O) groups excluding carboxylic acids is 1. The summed E-state index contributed by atoms with van der Waals surface area (Å²) in [5.41, 5.74) is 0.300. The van der Waals surface area contributed by atoms with E-state index in [1.807, 2.05) is 31.2 Å². The van der Waals surface area contributed by atoms with Gasteiger partial charge in [0.15, 0.2) is 0 Å². The monoisotopic (exact) mass is 352 g/mol. The molecule has 1 aromatic heterocycles. The van der Waals surface area contributed by atoms with Crippen molar-refractivity contribution in [3.63, 3.8) is 0 Å². The van der Waals surface area contributed by atoms with Gasteiger partial charge in [-0.1, -0.05) is 17.7 Å². The number of alkyl halides is 3. The molecule has 0 bridgehead atoms. The van der Waals surface area contributed by atoms with Crippen LogP contribution < -0.4 is 4.74 Å². The quantitative estimate of drug-likeness (QED) is 0.820. The lowest BCUT2D eigenvalue weighted by Crippen LogP contribution is -2.31. The summed E-state index contributed by atoms with van der Waals surface area (Å²) in [7, 11) is 1.57. The van der Waals surface area contributed by atoms with Crippen LogP contribution in [0.4, 0.5) is 13.2 Å². The second-order valence-electron chi connectivity index (χ2n) is 5.72. The molecule has 0 saturated heterocycles. The molecule has 1 amide bonds. The topological polar surface area (TPSA) is 42.4 Å². The van der Waals surface area contributed by atoms with Gasteiger partial charge in [0.25, 0.3) is 5.91 Å². The molecule has 25 heavy (non-hydrogen) atoms. The number of rotatable bonds is 5. The van der Waals surface area contributed by atoms with Crippen LogP contribution in [0.2, 0.25) is 0 Å². The molecule has 0 N–H and O–H groups in total. The minimum Gasteiger partial charge on any atom is -0.492 e. The van der Waals surface area contributed by atoms with Crippen LogP contribution in [0.15, 0.2) is 36.4 Å². The van der Waals surface area contributed by atoms with Crippen molar-refractivity contribution in [2.24, 2.45) is 0 Å². The Kier molecular flexibility index (Phi) is 5.66. The first-order valence-electron chi connectivity index (χ1n) is 7.68. The highest BCUT2D eigenvalue weighted by Crippen LogP contribution is 2.28. The lowest BCUT2D eigenvalue weighted by molar-refractivity contribution is -0.141. The predicted octanol–water partition coefficient (Wildman–Crippen LogP) is 3.87. The van der Waals surface area contributed by atoms with Crippen LogP contribution >= 0.6 is 0 Å². The summed E-state index contributed by atoms with van der Waals surface area (Å²) >= 11 is 0. The van der Waals surface area contributed by atoms with Crippen molar-refractivity contribution in [3.8, 4) is 5.75 Å². The van der Waals surface area contributed by atoms with Crippen molar-refractivity contribution >= 4 is 5.91 Å². The van der Waals surface area contributed by atoms with Crippen LogP contribution in [-0.2, 0) is 6.18 Å². The van der Waals surface area contributed by atoms with Crippen LogP contribution in [-0.4, -0.2) is 36.0 Å². The molecule has 0 saturated carbocycles. The average molecular weight is 352 g/mol. The summed E-state index contributed by atoms with van der Waals surface area (Å²) in [4.78, 5) is 17.2. The van der Waals surface area contributed by atoms with E-state index < -0.39 is 17.8 Å². The molecule has 2 aromatic rings. The maximum atomic E-state index is 12.6. The normalized spacial score (nSPS) is 11.3. The molecule has 0 unspecified atom stereocenters. The lowest BCUT2D eigenvalue weighted by Gasteiger charge is -2.19. The second kappa shape index (κ2) is 7.55. The fourth-order valence-electron chi connectivity index (χ4n) is 2.19. The molecule has 0 spiro atoms. The Morgan fingerprint density at radius 1 is 1.12 bits per heavy atom. The van der Waals surface area contributed by atoms with E-state index >= 15 is 0 Å². The Hall–Kier alpha value is -2.57. The molecule has 2 rings (SSSR count). The van der Waals surface area contributed by atoms with Gasteiger partial charge < -0.3 is 9.64 Å². The second-order valence-corrected chi connectivity index (χ2v) is 5.72. The minimum atomic E-state index is -4.53. The predicted molar refractivity (Wildman–Crippen MR) is 87.6 cm³/mol. The highest BCUT2D eigenvalue weighted by atomic mass is 19.4. The van der Waals surface area contributed by atoms with Gasteiger partial charge in [0.05, 0.1) is 17.8 Å². The first-order chi connectivity index (χ1) is 11.7. The number of halogens is 3. The smallest absolute Gasteiger partial charge is 0.433 e. The average Bonchev–Trinajstić information content (AvgIpc) is 2.55. The standard InChI is InChI=1S/C18H19F3N2O2/c1-12-4-6-14(7-5-12)25-11-10-23(3)17(24)15-8-9-16(18(19,20)21)22-13(15)2/h4-9H,10-11H2,1-3H3. The zero-order valence-corrected chi connectivity index (χ0v) is 14.2. The lowest BCUT2D eigenvalue weighted by atomic mass is 10.1. The summed E-state index contributed by atoms with van der Waals surface area (Å²) in [6.07, 6.45) is -4.53. The fourth-order valence-corrected chi connectivity index (χ4v) is 2.19. The van der Waals surface area contributed by atoms with Gasteiger partial charge in [0.1, 0.15) is 18.1 Å². The highest BCUT2D eigenvalue weighted by molar-refractivity contribution is 5.95. The van der Waals surface area contributed by atoms with Crippen molar-refractivity contribution in [2.45, 2.75) is 20.0 Å². The van der Waals surface area contributed by atoms with Gasteiger partial charge in [0.2, 0.25) is 0 Å². The van der Waals surface area contributed by atoms with E-state index in [0.29, 0.717) is 12.3 Å². The Morgan fingerprint density at radius 2 is 1.76 bits per heavy atom. The number of hydrogen-bond acceptors (Lipinski definition) is 3. The number of aromatic nitrogens is 1. The third kappa shape index (κ3) is 4.95. The van der Waals surface area contributed by atoms with Gasteiger partial charge >= 0.3 is 6.18 Å². The molecule has 4 nitrogen and oxygen atoms in total. The zero-order valence-electron chi connectivity index (χ0n) is 14.2. The van der Waals surface area contributed by atoms with Gasteiger partial charge in [-0.3, -0.25) is 4.79 Å². The highest BCUT2D eigenvalue weighted by Gasteiger charge is 2.33. The first kappa shape index (κ1) is 18.8. The van der Waals surface area contributed by atoms with Crippen LogP contribution in [0.25, 0.3) is 0 Å². The number of ether oxygens (including phenoxy) is 1. The number of hydrogen-bond donors (Lipinski definition) is 0. The minimum absolute atomic E-state index is 0.0473. The van der Waals surface area contributed by atoms with E-state index in [2.05, 4.69) is 4.98 Å². The van der Waals surface area contributed by atoms with Crippen LogP contribution in [0.5, 0.6) is 5.75 Å². The summed E-state index contributed by atoms with van der Waals surface area (Å²) in [6.45, 7) is 3.93. The number of amides is 1. The first-order valence-corrected chi connectivity index (χ1v) is 7.68. The number of aryl methyl sites for hydroxylation is 2. The number of carbonyl (C=O) groups is 1. The number of benzene rings is 1. The molecule has 0 fully saturated rings. The zero-order chi connectivity index (χ0) is 18.6. The summed E-state index contributed by atoms with van der Waals surface area (Å²) in [5.74, 6) is 0.296. The maximum Gasteiger partial charge on any atom is 0.433 e. The Balaban J connectivity index is 1.96. The fraction of sp³-hybridized carbons (Fsp3) is 0.333. The van der Waals surface area contributed by atoms with E-state index in [4.69, 9.17) is 4.74 Å². The Labute approximate surface area is 144 Å². The van der Waals surface area contributed by atoms with E-state index in [0.717, 1.165) is 17.7 Å². The molecule has 0 aliphatic carbocycles. The van der Waals surface area contributed by atoms with Crippen molar-refractivity contribution in [1.82, 2.24) is 9.88 Å². The van der Waals surface area contributed by atoms with E-state index in [1.165, 1.54) is 11.8 Å². The third-order valence-electron chi connectivity index (χ3n) is 3.67. The molecule has 0 radical (unpaired) electrons. The molecule has 1 heterocycles. The molecular formula is C18H19F3N2O2. The largest absolute Gasteiger partial charge is 0.492 e. The van der Waals surface area contributed by atoms with Gasteiger partial charge in [-0.2, -0.15) is 13.2 Å². The number of likely N-dealkylation sites (N-methyl/N-ethyl adjacent to an activating group) is 1. The van der Waals surface area contributed by atoms with Gasteiger partial charge in [-0.15, -0.1) is 0 Å². The van der Waals surface area contributed by atoms with E-state index in [-0.39, 0.29) is 17.9 Å². The van der Waals surface area contributed by atoms with Crippen molar-refractivity contribution in [2.75, 3.05) is 20.2 Å². The summed E-state index contributed by atoms with van der Waals surface area (Å²) in [5, 5.41) is 0. The molecular weight excluding hydrogens is 333 g/mol. The van der Waals surface area contributed by atoms with Gasteiger partial charge in [-0.05, 0) is 38.1 Å². The van der Waals surface area contributed by atoms with Gasteiger partial charge in [0, 0.05) is 7.05 Å². The molecule has 0 aliphatic rings. The molecule has 7 heteroatoms.